The minimum absolute atomic E-state index is 0.0524. The van der Waals surface area contributed by atoms with Crippen molar-refractivity contribution in [1.29, 1.82) is 0 Å². The van der Waals surface area contributed by atoms with Crippen molar-refractivity contribution in [2.75, 3.05) is 6.61 Å². The van der Waals surface area contributed by atoms with Crippen molar-refractivity contribution in [2.24, 2.45) is 0 Å². The van der Waals surface area contributed by atoms with Crippen LogP contribution in [0.15, 0.2) is 36.7 Å². The highest BCUT2D eigenvalue weighted by atomic mass is 19.1. The summed E-state index contributed by atoms with van der Waals surface area (Å²) in [5.74, 6) is 1.09. The smallest absolute Gasteiger partial charge is 0.159 e. The average Bonchev–Trinajstić information content (AvgIpc) is 2.94. The maximum absolute atomic E-state index is 14.2. The van der Waals surface area contributed by atoms with Crippen LogP contribution in [0.2, 0.25) is 0 Å². The first-order valence-electron chi connectivity index (χ1n) is 15.4. The third-order valence-electron chi connectivity index (χ3n) is 7.25. The first kappa shape index (κ1) is 32.2. The third kappa shape index (κ3) is 14.8. The van der Waals surface area contributed by atoms with Gasteiger partial charge in [0.15, 0.2) is 11.6 Å². The zero-order chi connectivity index (χ0) is 27.3. The number of hydrogen-bond acceptors (Lipinski definition) is 3. The Morgan fingerprint density at radius 1 is 0.632 bits per heavy atom. The molecule has 0 spiro atoms. The molecule has 0 bridgehead atoms. The monoisotopic (exact) mass is 530 g/mol. The van der Waals surface area contributed by atoms with E-state index in [-0.39, 0.29) is 6.61 Å². The third-order valence-corrected chi connectivity index (χ3v) is 7.25. The number of aromatic nitrogens is 2. The summed E-state index contributed by atoms with van der Waals surface area (Å²) in [5, 5.41) is 0. The summed E-state index contributed by atoms with van der Waals surface area (Å²) >= 11 is 0. The predicted octanol–water partition coefficient (Wildman–Crippen LogP) is 10.4. The molecule has 5 heteroatoms. The molecule has 1 aromatic heterocycles. The highest BCUT2D eigenvalue weighted by molar-refractivity contribution is 5.55. The molecule has 0 saturated heterocycles. The van der Waals surface area contributed by atoms with Crippen LogP contribution in [0.4, 0.5) is 8.78 Å². The zero-order valence-electron chi connectivity index (χ0n) is 24.1. The SMILES string of the molecule is CCCCCCCCCCCCc1ccc(-c2ncc(OCC(F)CCCC(F)CCCCC)cn2)cc1. The van der Waals surface area contributed by atoms with Gasteiger partial charge in [-0.3, -0.25) is 0 Å². The van der Waals surface area contributed by atoms with Crippen molar-refractivity contribution in [3.63, 3.8) is 0 Å². The Morgan fingerprint density at radius 3 is 1.79 bits per heavy atom. The number of nitrogens with zero attached hydrogens (tertiary/aromatic N) is 2. The van der Waals surface area contributed by atoms with Crippen LogP contribution in [-0.2, 0) is 6.42 Å². The van der Waals surface area contributed by atoms with E-state index in [0.717, 1.165) is 31.2 Å². The Labute approximate surface area is 231 Å². The van der Waals surface area contributed by atoms with Crippen molar-refractivity contribution in [2.45, 2.75) is 142 Å². The summed E-state index contributed by atoms with van der Waals surface area (Å²) < 4.78 is 33.5. The van der Waals surface area contributed by atoms with Crippen molar-refractivity contribution in [1.82, 2.24) is 9.97 Å². The molecule has 1 heterocycles. The molecule has 0 aliphatic heterocycles. The molecule has 2 rings (SSSR count). The molecular weight excluding hydrogens is 478 g/mol. The molecule has 0 amide bonds. The van der Waals surface area contributed by atoms with Gasteiger partial charge in [-0.15, -0.1) is 0 Å². The summed E-state index contributed by atoms with van der Waals surface area (Å²) in [4.78, 5) is 8.79. The average molecular weight is 531 g/mol. The molecule has 214 valence electrons. The van der Waals surface area contributed by atoms with Crippen molar-refractivity contribution in [3.05, 3.63) is 42.2 Å². The van der Waals surface area contributed by atoms with Crippen molar-refractivity contribution in [3.8, 4) is 17.1 Å². The minimum atomic E-state index is -1.11. The Kier molecular flexibility index (Phi) is 17.7. The van der Waals surface area contributed by atoms with E-state index in [4.69, 9.17) is 4.74 Å². The summed E-state index contributed by atoms with van der Waals surface area (Å²) in [5.41, 5.74) is 2.31. The van der Waals surface area contributed by atoms with E-state index in [1.165, 1.54) is 69.8 Å². The number of rotatable bonds is 23. The van der Waals surface area contributed by atoms with Gasteiger partial charge in [0, 0.05) is 5.56 Å². The summed E-state index contributed by atoms with van der Waals surface area (Å²) in [6, 6.07) is 8.46. The molecule has 2 unspecified atom stereocenters. The minimum Gasteiger partial charge on any atom is -0.487 e. The number of halogens is 2. The molecule has 3 nitrogen and oxygen atoms in total. The van der Waals surface area contributed by atoms with Crippen LogP contribution in [0, 0.1) is 0 Å². The van der Waals surface area contributed by atoms with E-state index in [1.807, 2.05) is 0 Å². The van der Waals surface area contributed by atoms with Gasteiger partial charge < -0.3 is 4.74 Å². The standard InChI is InChI=1S/C33H52F2N2O/c1-3-5-7-8-9-10-11-12-13-15-17-28-21-23-29(24-22-28)33-36-25-32(26-37-33)38-27-31(35)20-16-19-30(34)18-14-6-4-2/h21-26,30-31H,3-20,27H2,1-2H3. The first-order valence-corrected chi connectivity index (χ1v) is 15.4. The van der Waals surface area contributed by atoms with E-state index in [9.17, 15) is 8.78 Å². The van der Waals surface area contributed by atoms with Gasteiger partial charge in [0.2, 0.25) is 0 Å². The fraction of sp³-hybridized carbons (Fsp3) is 0.697. The predicted molar refractivity (Wildman–Crippen MR) is 156 cm³/mol. The molecule has 0 aliphatic carbocycles. The largest absolute Gasteiger partial charge is 0.487 e. The summed E-state index contributed by atoms with van der Waals surface area (Å²) in [7, 11) is 0. The lowest BCUT2D eigenvalue weighted by atomic mass is 10.0. The molecule has 2 atom stereocenters. The lowest BCUT2D eigenvalue weighted by molar-refractivity contribution is 0.177. The molecule has 1 aromatic carbocycles. The van der Waals surface area contributed by atoms with Crippen LogP contribution in [0.3, 0.4) is 0 Å². The van der Waals surface area contributed by atoms with Gasteiger partial charge in [-0.05, 0) is 44.1 Å². The van der Waals surface area contributed by atoms with Crippen LogP contribution in [-0.4, -0.2) is 28.9 Å². The van der Waals surface area contributed by atoms with Gasteiger partial charge in [-0.25, -0.2) is 18.7 Å². The van der Waals surface area contributed by atoms with E-state index >= 15 is 0 Å². The topological polar surface area (TPSA) is 35.0 Å². The fourth-order valence-electron chi connectivity index (χ4n) is 4.77. The van der Waals surface area contributed by atoms with E-state index in [2.05, 4.69) is 48.1 Å². The van der Waals surface area contributed by atoms with Gasteiger partial charge in [0.05, 0.1) is 12.4 Å². The van der Waals surface area contributed by atoms with Crippen LogP contribution < -0.4 is 4.74 Å². The second kappa shape index (κ2) is 20.9. The number of alkyl halides is 2. The van der Waals surface area contributed by atoms with Gasteiger partial charge >= 0.3 is 0 Å². The molecule has 0 radical (unpaired) electrons. The summed E-state index contributed by atoms with van der Waals surface area (Å²) in [6.07, 6.45) is 20.9. The Bertz CT molecular complexity index is 813. The first-order chi connectivity index (χ1) is 18.6. The maximum atomic E-state index is 14.2. The summed E-state index contributed by atoms with van der Waals surface area (Å²) in [6.45, 7) is 4.32. The number of aryl methyl sites for hydroxylation is 1. The highest BCUT2D eigenvalue weighted by Gasteiger charge is 2.12. The lowest BCUT2D eigenvalue weighted by Crippen LogP contribution is -2.14. The second-order valence-corrected chi connectivity index (χ2v) is 10.8. The second-order valence-electron chi connectivity index (χ2n) is 10.8. The fourth-order valence-corrected chi connectivity index (χ4v) is 4.77. The van der Waals surface area contributed by atoms with Crippen molar-refractivity contribution < 1.29 is 13.5 Å². The molecule has 38 heavy (non-hydrogen) atoms. The van der Waals surface area contributed by atoms with Crippen LogP contribution >= 0.6 is 0 Å². The molecule has 0 fully saturated rings. The molecule has 0 N–H and O–H groups in total. The number of ether oxygens (including phenoxy) is 1. The molecular formula is C33H52F2N2O. The quantitative estimate of drug-likeness (QED) is 0.134. The Hall–Kier alpha value is -2.04. The van der Waals surface area contributed by atoms with E-state index in [1.54, 1.807) is 12.4 Å². The molecule has 0 aliphatic rings. The van der Waals surface area contributed by atoms with Crippen molar-refractivity contribution >= 4 is 0 Å². The maximum Gasteiger partial charge on any atom is 0.159 e. The van der Waals surface area contributed by atoms with Crippen LogP contribution in [0.1, 0.15) is 129 Å². The van der Waals surface area contributed by atoms with Gasteiger partial charge in [-0.1, -0.05) is 115 Å². The zero-order valence-corrected chi connectivity index (χ0v) is 24.1. The number of hydrogen-bond donors (Lipinski definition) is 0. The van der Waals surface area contributed by atoms with E-state index in [0.29, 0.717) is 37.3 Å². The molecule has 0 saturated carbocycles. The number of benzene rings is 1. The van der Waals surface area contributed by atoms with Gasteiger partial charge in [0.1, 0.15) is 19.0 Å². The van der Waals surface area contributed by atoms with Crippen LogP contribution in [0.25, 0.3) is 11.4 Å². The van der Waals surface area contributed by atoms with E-state index < -0.39 is 12.3 Å². The normalized spacial score (nSPS) is 12.9. The van der Waals surface area contributed by atoms with Crippen LogP contribution in [0.5, 0.6) is 5.75 Å². The Morgan fingerprint density at radius 2 is 1.16 bits per heavy atom. The van der Waals surface area contributed by atoms with Gasteiger partial charge in [0.25, 0.3) is 0 Å². The van der Waals surface area contributed by atoms with Gasteiger partial charge in [-0.2, -0.15) is 0 Å². The lowest BCUT2D eigenvalue weighted by Gasteiger charge is -2.12. The molecule has 2 aromatic rings. The Balaban J connectivity index is 1.59. The number of unbranched alkanes of at least 4 members (excludes halogenated alkanes) is 11. The highest BCUT2D eigenvalue weighted by Crippen LogP contribution is 2.20.